The first-order valence-electron chi connectivity index (χ1n) is 6.78. The van der Waals surface area contributed by atoms with Crippen molar-refractivity contribution >= 4 is 28.8 Å². The van der Waals surface area contributed by atoms with Gasteiger partial charge in [-0.2, -0.15) is 0 Å². The van der Waals surface area contributed by atoms with E-state index < -0.39 is 0 Å². The molecule has 1 saturated carbocycles. The average molecular weight is 302 g/mol. The maximum Gasteiger partial charge on any atom is 0.282 e. The van der Waals surface area contributed by atoms with Crippen molar-refractivity contribution in [3.8, 4) is 0 Å². The number of nitrogens with one attached hydrogen (secondary N) is 1. The monoisotopic (exact) mass is 301 g/mol. The second-order valence-corrected chi connectivity index (χ2v) is 7.41. The van der Waals surface area contributed by atoms with E-state index in [-0.39, 0.29) is 11.3 Å². The number of carbonyl (C=O) groups is 1. The summed E-state index contributed by atoms with van der Waals surface area (Å²) >= 11 is 6.82. The number of halogens is 1. The zero-order valence-electron chi connectivity index (χ0n) is 11.4. The summed E-state index contributed by atoms with van der Waals surface area (Å²) in [4.78, 5) is 12.0. The van der Waals surface area contributed by atoms with Crippen molar-refractivity contribution < 1.29 is 4.79 Å². The number of rotatable bonds is 5. The van der Waals surface area contributed by atoms with Crippen molar-refractivity contribution in [2.24, 2.45) is 11.3 Å². The van der Waals surface area contributed by atoms with Gasteiger partial charge < -0.3 is 5.32 Å². The lowest BCUT2D eigenvalue weighted by Crippen LogP contribution is -2.36. The lowest BCUT2D eigenvalue weighted by Gasteiger charge is -2.31. The van der Waals surface area contributed by atoms with Crippen LogP contribution in [0.15, 0.2) is 0 Å². The van der Waals surface area contributed by atoms with E-state index in [1.54, 1.807) is 0 Å². The van der Waals surface area contributed by atoms with Gasteiger partial charge >= 0.3 is 0 Å². The molecule has 1 heterocycles. The van der Waals surface area contributed by atoms with Gasteiger partial charge in [0.15, 0.2) is 0 Å². The summed E-state index contributed by atoms with van der Waals surface area (Å²) in [6, 6.07) is 0. The van der Waals surface area contributed by atoms with Gasteiger partial charge in [-0.3, -0.25) is 4.79 Å². The van der Waals surface area contributed by atoms with Crippen molar-refractivity contribution in [1.82, 2.24) is 15.5 Å². The number of nitrogens with zero attached hydrogens (tertiary/aromatic N) is 2. The molecule has 0 atom stereocenters. The van der Waals surface area contributed by atoms with Crippen LogP contribution in [0.25, 0.3) is 0 Å². The first kappa shape index (κ1) is 14.7. The molecule has 1 aromatic rings. The van der Waals surface area contributed by atoms with Crippen LogP contribution in [0.3, 0.4) is 0 Å². The highest BCUT2D eigenvalue weighted by atomic mass is 35.5. The highest BCUT2D eigenvalue weighted by Crippen LogP contribution is 2.42. The van der Waals surface area contributed by atoms with Gasteiger partial charge in [-0.25, -0.2) is 0 Å². The topological polar surface area (TPSA) is 54.9 Å². The Bertz CT molecular complexity index is 441. The summed E-state index contributed by atoms with van der Waals surface area (Å²) in [5.74, 6) is 0.505. The van der Waals surface area contributed by atoms with Gasteiger partial charge in [-0.05, 0) is 42.2 Å². The SMILES string of the molecule is CC(C)CC1(CNC(=O)c2nnc(Cl)s2)CCCC1. The van der Waals surface area contributed by atoms with Crippen LogP contribution in [0, 0.1) is 11.3 Å². The normalized spacial score (nSPS) is 17.9. The number of hydrogen-bond donors (Lipinski definition) is 1. The second-order valence-electron chi connectivity index (χ2n) is 5.85. The highest BCUT2D eigenvalue weighted by molar-refractivity contribution is 7.17. The molecule has 0 bridgehead atoms. The minimum Gasteiger partial charge on any atom is -0.349 e. The molecule has 1 amide bonds. The Morgan fingerprint density at radius 1 is 1.42 bits per heavy atom. The van der Waals surface area contributed by atoms with E-state index in [1.807, 2.05) is 0 Å². The van der Waals surface area contributed by atoms with Crippen LogP contribution in [0.5, 0.6) is 0 Å². The van der Waals surface area contributed by atoms with Gasteiger partial charge in [0.05, 0.1) is 0 Å². The van der Waals surface area contributed by atoms with E-state index in [1.165, 1.54) is 32.1 Å². The third kappa shape index (κ3) is 3.89. The van der Waals surface area contributed by atoms with Gasteiger partial charge in [0.2, 0.25) is 9.47 Å². The number of hydrogen-bond acceptors (Lipinski definition) is 4. The molecule has 0 aliphatic heterocycles. The quantitative estimate of drug-likeness (QED) is 0.905. The molecule has 1 N–H and O–H groups in total. The zero-order chi connectivity index (χ0) is 13.9. The lowest BCUT2D eigenvalue weighted by molar-refractivity contribution is 0.0920. The molecule has 0 radical (unpaired) electrons. The Balaban J connectivity index is 1.94. The fourth-order valence-corrected chi connectivity index (χ4v) is 3.83. The molecule has 1 aliphatic rings. The van der Waals surface area contributed by atoms with Crippen LogP contribution in [-0.2, 0) is 0 Å². The van der Waals surface area contributed by atoms with Crippen molar-refractivity contribution in [2.45, 2.75) is 46.0 Å². The third-order valence-corrected chi connectivity index (χ3v) is 4.74. The summed E-state index contributed by atoms with van der Waals surface area (Å²) in [7, 11) is 0. The van der Waals surface area contributed by atoms with E-state index in [9.17, 15) is 4.79 Å². The molecule has 0 unspecified atom stereocenters. The zero-order valence-corrected chi connectivity index (χ0v) is 13.0. The van der Waals surface area contributed by atoms with Crippen molar-refractivity contribution in [2.75, 3.05) is 6.54 Å². The van der Waals surface area contributed by atoms with Crippen LogP contribution in [0.4, 0.5) is 0 Å². The first-order chi connectivity index (χ1) is 9.01. The molecule has 4 nitrogen and oxygen atoms in total. The molecule has 19 heavy (non-hydrogen) atoms. The minimum atomic E-state index is -0.153. The molecule has 1 aliphatic carbocycles. The number of amides is 1. The fraction of sp³-hybridized carbons (Fsp3) is 0.769. The lowest BCUT2D eigenvalue weighted by atomic mass is 9.78. The molecule has 1 aromatic heterocycles. The predicted octanol–water partition coefficient (Wildman–Crippen LogP) is 3.53. The van der Waals surface area contributed by atoms with Crippen LogP contribution in [-0.4, -0.2) is 22.6 Å². The van der Waals surface area contributed by atoms with E-state index in [2.05, 4.69) is 29.4 Å². The van der Waals surface area contributed by atoms with Crippen molar-refractivity contribution in [3.63, 3.8) is 0 Å². The van der Waals surface area contributed by atoms with Gasteiger partial charge in [-0.1, -0.05) is 38.0 Å². The smallest absolute Gasteiger partial charge is 0.282 e. The maximum atomic E-state index is 12.0. The molecule has 0 aromatic carbocycles. The first-order valence-corrected chi connectivity index (χ1v) is 7.97. The van der Waals surface area contributed by atoms with Crippen molar-refractivity contribution in [3.05, 3.63) is 9.47 Å². The molecule has 0 spiro atoms. The molecule has 1 fully saturated rings. The van der Waals surface area contributed by atoms with Gasteiger partial charge in [-0.15, -0.1) is 10.2 Å². The summed E-state index contributed by atoms with van der Waals surface area (Å²) in [6.07, 6.45) is 6.13. The predicted molar refractivity (Wildman–Crippen MR) is 77.6 cm³/mol. The fourth-order valence-electron chi connectivity index (χ4n) is 3.08. The van der Waals surface area contributed by atoms with Crippen LogP contribution in [0.2, 0.25) is 4.47 Å². The molecule has 2 rings (SSSR count). The van der Waals surface area contributed by atoms with E-state index >= 15 is 0 Å². The highest BCUT2D eigenvalue weighted by Gasteiger charge is 2.34. The average Bonchev–Trinajstić information content (AvgIpc) is 2.95. The number of carbonyl (C=O) groups excluding carboxylic acids is 1. The molecule has 6 heteroatoms. The van der Waals surface area contributed by atoms with Gasteiger partial charge in [0, 0.05) is 6.54 Å². The molecular weight excluding hydrogens is 282 g/mol. The van der Waals surface area contributed by atoms with E-state index in [4.69, 9.17) is 11.6 Å². The minimum absolute atomic E-state index is 0.153. The van der Waals surface area contributed by atoms with Crippen molar-refractivity contribution in [1.29, 1.82) is 0 Å². The summed E-state index contributed by atoms with van der Waals surface area (Å²) in [6.45, 7) is 5.22. The molecular formula is C13H20ClN3OS. The van der Waals surface area contributed by atoms with E-state index in [0.717, 1.165) is 17.9 Å². The Morgan fingerprint density at radius 3 is 2.63 bits per heavy atom. The van der Waals surface area contributed by atoms with Gasteiger partial charge in [0.25, 0.3) is 5.91 Å². The Kier molecular flexibility index (Phi) is 4.79. The summed E-state index contributed by atoms with van der Waals surface area (Å²) in [5.41, 5.74) is 0.276. The third-order valence-electron chi connectivity index (χ3n) is 3.72. The largest absolute Gasteiger partial charge is 0.349 e. The van der Waals surface area contributed by atoms with Crippen LogP contribution >= 0.6 is 22.9 Å². The second kappa shape index (κ2) is 6.18. The van der Waals surface area contributed by atoms with E-state index in [0.29, 0.717) is 15.4 Å². The summed E-state index contributed by atoms with van der Waals surface area (Å²) < 4.78 is 0.308. The number of aromatic nitrogens is 2. The summed E-state index contributed by atoms with van der Waals surface area (Å²) in [5, 5.41) is 10.8. The Labute approximate surface area is 123 Å². The Hall–Kier alpha value is -0.680. The molecule has 0 saturated heterocycles. The molecule has 106 valence electrons. The van der Waals surface area contributed by atoms with Crippen LogP contribution < -0.4 is 5.32 Å². The van der Waals surface area contributed by atoms with Gasteiger partial charge in [0.1, 0.15) is 0 Å². The Morgan fingerprint density at radius 2 is 2.11 bits per heavy atom. The van der Waals surface area contributed by atoms with Crippen LogP contribution in [0.1, 0.15) is 55.8 Å². The maximum absolute atomic E-state index is 12.0. The standard InChI is InChI=1S/C13H20ClN3OS/c1-9(2)7-13(5-3-4-6-13)8-15-10(18)11-16-17-12(14)19-11/h9H,3-8H2,1-2H3,(H,15,18).